The lowest BCUT2D eigenvalue weighted by atomic mass is 9.95. The largest absolute Gasteiger partial charge is 0.416 e. The lowest BCUT2D eigenvalue weighted by Crippen LogP contribution is -2.38. The van der Waals surface area contributed by atoms with Gasteiger partial charge in [0, 0.05) is 13.1 Å². The maximum Gasteiger partial charge on any atom is 0.416 e. The Kier molecular flexibility index (Phi) is 8.22. The molecule has 9 heteroatoms. The fourth-order valence-electron chi connectivity index (χ4n) is 3.76. The molecule has 0 heterocycles. The summed E-state index contributed by atoms with van der Waals surface area (Å²) in [4.78, 5) is 12.7. The average Bonchev–Trinajstić information content (AvgIpc) is 2.83. The molecular weight excluding hydrogens is 470 g/mol. The second kappa shape index (κ2) is 10.9. The summed E-state index contributed by atoms with van der Waals surface area (Å²) in [6, 6.07) is 16.6. The maximum absolute atomic E-state index is 13.4. The SMILES string of the molecule is CNC(=O)[C@@H](N[C@@H](CCc1ccc(C(F)(F)F)cc1)c1cccc(C(F)(F)F)c1)c1ccccc1. The van der Waals surface area contributed by atoms with E-state index in [9.17, 15) is 31.1 Å². The van der Waals surface area contributed by atoms with E-state index in [0.717, 1.165) is 24.3 Å². The minimum absolute atomic E-state index is 0.243. The highest BCUT2D eigenvalue weighted by atomic mass is 19.4. The van der Waals surface area contributed by atoms with E-state index in [-0.39, 0.29) is 18.7 Å². The van der Waals surface area contributed by atoms with Crippen LogP contribution in [0.4, 0.5) is 26.3 Å². The number of aryl methyl sites for hydroxylation is 1. The molecule has 2 atom stereocenters. The number of alkyl halides is 6. The van der Waals surface area contributed by atoms with Gasteiger partial charge in [0.25, 0.3) is 0 Å². The molecule has 0 saturated carbocycles. The molecule has 3 nitrogen and oxygen atoms in total. The normalized spacial score (nSPS) is 13.8. The third-order valence-electron chi connectivity index (χ3n) is 5.63. The summed E-state index contributed by atoms with van der Waals surface area (Å²) in [6.07, 6.45) is -8.49. The van der Waals surface area contributed by atoms with Gasteiger partial charge in [-0.15, -0.1) is 0 Å². The summed E-state index contributed by atoms with van der Waals surface area (Å²) in [5.41, 5.74) is -0.0759. The van der Waals surface area contributed by atoms with Crippen LogP contribution < -0.4 is 10.6 Å². The zero-order chi connectivity index (χ0) is 25.6. The van der Waals surface area contributed by atoms with E-state index in [1.54, 1.807) is 30.3 Å². The van der Waals surface area contributed by atoms with Crippen LogP contribution in [0.3, 0.4) is 0 Å². The Labute approximate surface area is 199 Å². The first-order valence-electron chi connectivity index (χ1n) is 10.8. The fourth-order valence-corrected chi connectivity index (χ4v) is 3.76. The minimum Gasteiger partial charge on any atom is -0.358 e. The summed E-state index contributed by atoms with van der Waals surface area (Å²) >= 11 is 0. The Morgan fingerprint density at radius 1 is 0.771 bits per heavy atom. The summed E-state index contributed by atoms with van der Waals surface area (Å²) in [5, 5.41) is 5.72. The second-order valence-corrected chi connectivity index (χ2v) is 8.03. The molecule has 0 fully saturated rings. The quantitative estimate of drug-likeness (QED) is 0.352. The molecule has 1 amide bonds. The summed E-state index contributed by atoms with van der Waals surface area (Å²) < 4.78 is 78.6. The van der Waals surface area contributed by atoms with Crippen molar-refractivity contribution in [1.82, 2.24) is 10.6 Å². The van der Waals surface area contributed by atoms with Crippen LogP contribution in [0.1, 0.15) is 46.3 Å². The monoisotopic (exact) mass is 494 g/mol. The summed E-state index contributed by atoms with van der Waals surface area (Å²) in [5.74, 6) is -0.372. The lowest BCUT2D eigenvalue weighted by molar-refractivity contribution is -0.138. The van der Waals surface area contributed by atoms with Crippen LogP contribution in [0, 0.1) is 0 Å². The third-order valence-corrected chi connectivity index (χ3v) is 5.63. The Balaban J connectivity index is 1.92. The van der Waals surface area contributed by atoms with Crippen molar-refractivity contribution in [2.75, 3.05) is 7.05 Å². The average molecular weight is 494 g/mol. The van der Waals surface area contributed by atoms with Gasteiger partial charge in [-0.2, -0.15) is 26.3 Å². The number of carbonyl (C=O) groups excluding carboxylic acids is 1. The van der Waals surface area contributed by atoms with Gasteiger partial charge in [-0.1, -0.05) is 54.6 Å². The third kappa shape index (κ3) is 7.08. The van der Waals surface area contributed by atoms with E-state index in [1.807, 2.05) is 0 Å². The predicted molar refractivity (Wildman–Crippen MR) is 120 cm³/mol. The Bertz CT molecular complexity index is 1110. The Morgan fingerprint density at radius 2 is 1.37 bits per heavy atom. The first-order chi connectivity index (χ1) is 16.5. The standard InChI is InChI=1S/C26H24F6N2O/c1-33-24(35)23(18-6-3-2-4-7-18)34-22(19-8-5-9-21(16-19)26(30,31)32)15-12-17-10-13-20(14-11-17)25(27,28)29/h2-11,13-14,16,22-23,34H,12,15H2,1H3,(H,33,35)/t22-,23-/m0/s1. The van der Waals surface area contributed by atoms with Gasteiger partial charge in [-0.25, -0.2) is 0 Å². The smallest absolute Gasteiger partial charge is 0.358 e. The number of hydrogen-bond acceptors (Lipinski definition) is 2. The highest BCUT2D eigenvalue weighted by molar-refractivity contribution is 5.83. The van der Waals surface area contributed by atoms with Crippen molar-refractivity contribution in [2.24, 2.45) is 0 Å². The van der Waals surface area contributed by atoms with Crippen molar-refractivity contribution in [3.63, 3.8) is 0 Å². The van der Waals surface area contributed by atoms with Gasteiger partial charge in [0.1, 0.15) is 6.04 Å². The van der Waals surface area contributed by atoms with Crippen LogP contribution in [-0.4, -0.2) is 13.0 Å². The van der Waals surface area contributed by atoms with Crippen molar-refractivity contribution in [3.05, 3.63) is 107 Å². The first kappa shape index (κ1) is 26.3. The van der Waals surface area contributed by atoms with E-state index in [4.69, 9.17) is 0 Å². The van der Waals surface area contributed by atoms with Gasteiger partial charge in [0.2, 0.25) is 5.91 Å². The molecule has 0 spiro atoms. The van der Waals surface area contributed by atoms with Crippen molar-refractivity contribution in [1.29, 1.82) is 0 Å². The molecular formula is C26H24F6N2O. The fraction of sp³-hybridized carbons (Fsp3) is 0.269. The van der Waals surface area contributed by atoms with Crippen molar-refractivity contribution in [3.8, 4) is 0 Å². The van der Waals surface area contributed by atoms with E-state index in [1.165, 1.54) is 31.3 Å². The lowest BCUT2D eigenvalue weighted by Gasteiger charge is -2.26. The minimum atomic E-state index is -4.55. The molecule has 0 aliphatic heterocycles. The molecule has 0 saturated heterocycles. The number of hydrogen-bond donors (Lipinski definition) is 2. The van der Waals surface area contributed by atoms with Crippen molar-refractivity contribution in [2.45, 2.75) is 37.3 Å². The van der Waals surface area contributed by atoms with Crippen molar-refractivity contribution < 1.29 is 31.1 Å². The zero-order valence-corrected chi connectivity index (χ0v) is 18.8. The van der Waals surface area contributed by atoms with Gasteiger partial charge < -0.3 is 5.32 Å². The molecule has 0 radical (unpaired) electrons. The predicted octanol–water partition coefficient (Wildman–Crippen LogP) is 6.48. The number of carbonyl (C=O) groups is 1. The van der Waals surface area contributed by atoms with E-state index < -0.39 is 35.6 Å². The number of nitrogens with one attached hydrogen (secondary N) is 2. The van der Waals surface area contributed by atoms with Crippen LogP contribution in [0.15, 0.2) is 78.9 Å². The maximum atomic E-state index is 13.4. The highest BCUT2D eigenvalue weighted by Crippen LogP contribution is 2.33. The molecule has 3 rings (SSSR count). The van der Waals surface area contributed by atoms with Crippen LogP contribution >= 0.6 is 0 Å². The number of rotatable bonds is 8. The number of benzene rings is 3. The Morgan fingerprint density at radius 3 is 1.94 bits per heavy atom. The van der Waals surface area contributed by atoms with E-state index >= 15 is 0 Å². The molecule has 0 aliphatic carbocycles. The molecule has 3 aromatic carbocycles. The number of amides is 1. The molecule has 0 bridgehead atoms. The molecule has 3 aromatic rings. The second-order valence-electron chi connectivity index (χ2n) is 8.03. The molecule has 2 N–H and O–H groups in total. The molecule has 186 valence electrons. The van der Waals surface area contributed by atoms with Crippen LogP contribution in [0.5, 0.6) is 0 Å². The summed E-state index contributed by atoms with van der Waals surface area (Å²) in [7, 11) is 1.46. The molecule has 0 aliphatic rings. The van der Waals surface area contributed by atoms with Gasteiger partial charge >= 0.3 is 12.4 Å². The number of halogens is 6. The zero-order valence-electron chi connectivity index (χ0n) is 18.8. The number of likely N-dealkylation sites (N-methyl/N-ethyl adjacent to an activating group) is 1. The molecule has 0 unspecified atom stereocenters. The van der Waals surface area contributed by atoms with E-state index in [2.05, 4.69) is 10.6 Å². The van der Waals surface area contributed by atoms with Crippen molar-refractivity contribution >= 4 is 5.91 Å². The van der Waals surface area contributed by atoms with E-state index in [0.29, 0.717) is 16.7 Å². The van der Waals surface area contributed by atoms with Gasteiger partial charge in [0.15, 0.2) is 0 Å². The van der Waals surface area contributed by atoms with Crippen LogP contribution in [0.2, 0.25) is 0 Å². The Hall–Kier alpha value is -3.33. The molecule has 35 heavy (non-hydrogen) atoms. The highest BCUT2D eigenvalue weighted by Gasteiger charge is 2.32. The van der Waals surface area contributed by atoms with Crippen LogP contribution in [-0.2, 0) is 23.6 Å². The molecule has 0 aromatic heterocycles. The first-order valence-corrected chi connectivity index (χ1v) is 10.8. The van der Waals surface area contributed by atoms with Gasteiger partial charge in [0.05, 0.1) is 11.1 Å². The van der Waals surface area contributed by atoms with Gasteiger partial charge in [-0.05, 0) is 53.8 Å². The van der Waals surface area contributed by atoms with Crippen LogP contribution in [0.25, 0.3) is 0 Å². The topological polar surface area (TPSA) is 41.1 Å². The summed E-state index contributed by atoms with van der Waals surface area (Å²) in [6.45, 7) is 0. The van der Waals surface area contributed by atoms with Gasteiger partial charge in [-0.3, -0.25) is 10.1 Å².